The van der Waals surface area contributed by atoms with Crippen molar-refractivity contribution >= 4 is 11.7 Å². The van der Waals surface area contributed by atoms with Crippen LogP contribution in [0.1, 0.15) is 18.5 Å². The standard InChI is InChI=1S/C15H23N5O/c1-19-7-9-20(10-8-19)14-13(16-5-6-17-14)11-12-3-2-4-18-15(12)21/h5-6,12H,2-4,7-11H2,1H3,(H,18,21). The molecule has 1 unspecified atom stereocenters. The lowest BCUT2D eigenvalue weighted by Gasteiger charge is -2.34. The van der Waals surface area contributed by atoms with E-state index >= 15 is 0 Å². The molecule has 1 atom stereocenters. The van der Waals surface area contributed by atoms with Crippen LogP contribution >= 0.6 is 0 Å². The topological polar surface area (TPSA) is 61.4 Å². The van der Waals surface area contributed by atoms with Gasteiger partial charge in [-0.1, -0.05) is 0 Å². The molecule has 0 bridgehead atoms. The SMILES string of the molecule is CN1CCN(c2nccnc2CC2CCCNC2=O)CC1. The van der Waals surface area contributed by atoms with Crippen molar-refractivity contribution in [3.63, 3.8) is 0 Å². The van der Waals surface area contributed by atoms with Gasteiger partial charge in [-0.25, -0.2) is 4.98 Å². The summed E-state index contributed by atoms with van der Waals surface area (Å²) >= 11 is 0. The fourth-order valence-corrected chi connectivity index (χ4v) is 3.05. The highest BCUT2D eigenvalue weighted by molar-refractivity contribution is 5.79. The van der Waals surface area contributed by atoms with E-state index in [0.29, 0.717) is 6.42 Å². The lowest BCUT2D eigenvalue weighted by molar-refractivity contribution is -0.126. The van der Waals surface area contributed by atoms with Gasteiger partial charge in [-0.2, -0.15) is 0 Å². The van der Waals surface area contributed by atoms with Crippen LogP contribution < -0.4 is 10.2 Å². The summed E-state index contributed by atoms with van der Waals surface area (Å²) < 4.78 is 0. The van der Waals surface area contributed by atoms with Gasteiger partial charge in [0.25, 0.3) is 0 Å². The minimum Gasteiger partial charge on any atom is -0.356 e. The number of anilines is 1. The second-order valence-corrected chi connectivity index (χ2v) is 5.95. The van der Waals surface area contributed by atoms with Gasteiger partial charge in [-0.05, 0) is 19.9 Å². The molecule has 2 fully saturated rings. The first-order valence-electron chi connectivity index (χ1n) is 7.75. The lowest BCUT2D eigenvalue weighted by Crippen LogP contribution is -2.45. The number of aromatic nitrogens is 2. The maximum Gasteiger partial charge on any atom is 0.223 e. The fraction of sp³-hybridized carbons (Fsp3) is 0.667. The molecule has 0 aliphatic carbocycles. The molecule has 21 heavy (non-hydrogen) atoms. The Morgan fingerprint density at radius 1 is 1.24 bits per heavy atom. The van der Waals surface area contributed by atoms with Gasteiger partial charge in [-0.15, -0.1) is 0 Å². The molecule has 6 nitrogen and oxygen atoms in total. The van der Waals surface area contributed by atoms with Crippen molar-refractivity contribution in [1.82, 2.24) is 20.2 Å². The molecule has 1 aromatic heterocycles. The maximum atomic E-state index is 11.9. The summed E-state index contributed by atoms with van der Waals surface area (Å²) in [5.74, 6) is 1.17. The van der Waals surface area contributed by atoms with Crippen molar-refractivity contribution in [2.75, 3.05) is 44.7 Å². The largest absolute Gasteiger partial charge is 0.356 e. The van der Waals surface area contributed by atoms with E-state index < -0.39 is 0 Å². The van der Waals surface area contributed by atoms with Crippen LogP contribution in [0.2, 0.25) is 0 Å². The van der Waals surface area contributed by atoms with E-state index in [0.717, 1.165) is 57.1 Å². The van der Waals surface area contributed by atoms with Crippen LogP contribution in [0.5, 0.6) is 0 Å². The zero-order valence-corrected chi connectivity index (χ0v) is 12.6. The zero-order valence-electron chi connectivity index (χ0n) is 12.6. The second kappa shape index (κ2) is 6.39. The van der Waals surface area contributed by atoms with Gasteiger partial charge in [0.1, 0.15) is 5.82 Å². The minimum absolute atomic E-state index is 0.0432. The van der Waals surface area contributed by atoms with E-state index in [9.17, 15) is 4.79 Å². The summed E-state index contributed by atoms with van der Waals surface area (Å²) in [5, 5.41) is 2.95. The van der Waals surface area contributed by atoms with E-state index in [-0.39, 0.29) is 11.8 Å². The molecule has 2 aliphatic rings. The Labute approximate surface area is 125 Å². The summed E-state index contributed by atoms with van der Waals surface area (Å²) in [6.07, 6.45) is 6.18. The zero-order chi connectivity index (χ0) is 14.7. The van der Waals surface area contributed by atoms with Crippen molar-refractivity contribution in [2.24, 2.45) is 5.92 Å². The van der Waals surface area contributed by atoms with Crippen LogP contribution in [0.25, 0.3) is 0 Å². The Morgan fingerprint density at radius 2 is 2.00 bits per heavy atom. The molecule has 3 heterocycles. The number of nitrogens with one attached hydrogen (secondary N) is 1. The van der Waals surface area contributed by atoms with Crippen LogP contribution in [0.15, 0.2) is 12.4 Å². The molecule has 0 spiro atoms. The van der Waals surface area contributed by atoms with Gasteiger partial charge < -0.3 is 15.1 Å². The van der Waals surface area contributed by atoms with Gasteiger partial charge in [0.05, 0.1) is 5.69 Å². The van der Waals surface area contributed by atoms with Gasteiger partial charge in [0.15, 0.2) is 0 Å². The Hall–Kier alpha value is -1.69. The van der Waals surface area contributed by atoms with Crippen molar-refractivity contribution in [1.29, 1.82) is 0 Å². The molecule has 6 heteroatoms. The highest BCUT2D eigenvalue weighted by Gasteiger charge is 2.26. The number of piperidine rings is 1. The van der Waals surface area contributed by atoms with E-state index in [1.165, 1.54) is 0 Å². The molecule has 2 saturated heterocycles. The first-order valence-corrected chi connectivity index (χ1v) is 7.75. The van der Waals surface area contributed by atoms with E-state index in [1.807, 2.05) is 0 Å². The molecule has 1 N–H and O–H groups in total. The molecular formula is C15H23N5O. The summed E-state index contributed by atoms with van der Waals surface area (Å²) in [7, 11) is 2.14. The number of hydrogen-bond acceptors (Lipinski definition) is 5. The Bertz CT molecular complexity index is 499. The van der Waals surface area contributed by atoms with Gasteiger partial charge >= 0.3 is 0 Å². The molecule has 0 saturated carbocycles. The fourth-order valence-electron chi connectivity index (χ4n) is 3.05. The van der Waals surface area contributed by atoms with Crippen molar-refractivity contribution in [2.45, 2.75) is 19.3 Å². The van der Waals surface area contributed by atoms with E-state index in [2.05, 4.69) is 32.1 Å². The average molecular weight is 289 g/mol. The Balaban J connectivity index is 1.74. The molecule has 3 rings (SSSR count). The van der Waals surface area contributed by atoms with Crippen LogP contribution in [0.4, 0.5) is 5.82 Å². The van der Waals surface area contributed by atoms with Crippen molar-refractivity contribution in [3.05, 3.63) is 18.1 Å². The summed E-state index contributed by atoms with van der Waals surface area (Å²) in [4.78, 5) is 25.6. The third-order valence-corrected chi connectivity index (χ3v) is 4.39. The highest BCUT2D eigenvalue weighted by atomic mass is 16.1. The second-order valence-electron chi connectivity index (χ2n) is 5.95. The number of hydrogen-bond donors (Lipinski definition) is 1. The number of carbonyl (C=O) groups excluding carboxylic acids is 1. The van der Waals surface area contributed by atoms with Crippen LogP contribution in [-0.2, 0) is 11.2 Å². The van der Waals surface area contributed by atoms with E-state index in [4.69, 9.17) is 0 Å². The lowest BCUT2D eigenvalue weighted by atomic mass is 9.93. The first-order chi connectivity index (χ1) is 10.2. The molecule has 114 valence electrons. The third kappa shape index (κ3) is 3.32. The number of nitrogens with zero attached hydrogens (tertiary/aromatic N) is 4. The molecule has 1 amide bonds. The first kappa shape index (κ1) is 14.3. The molecular weight excluding hydrogens is 266 g/mol. The minimum atomic E-state index is 0.0432. The number of likely N-dealkylation sites (N-methyl/N-ethyl adjacent to an activating group) is 1. The highest BCUT2D eigenvalue weighted by Crippen LogP contribution is 2.23. The predicted molar refractivity (Wildman–Crippen MR) is 81.2 cm³/mol. The van der Waals surface area contributed by atoms with Crippen molar-refractivity contribution in [3.8, 4) is 0 Å². The Kier molecular flexibility index (Phi) is 4.34. The number of piperazine rings is 1. The number of amides is 1. The number of rotatable bonds is 3. The molecule has 0 radical (unpaired) electrons. The summed E-state index contributed by atoms with van der Waals surface area (Å²) in [5.41, 5.74) is 0.962. The molecule has 1 aromatic rings. The monoisotopic (exact) mass is 289 g/mol. The average Bonchev–Trinajstić information content (AvgIpc) is 2.51. The quantitative estimate of drug-likeness (QED) is 0.867. The molecule has 2 aliphatic heterocycles. The van der Waals surface area contributed by atoms with Crippen LogP contribution in [0, 0.1) is 5.92 Å². The molecule has 0 aromatic carbocycles. The summed E-state index contributed by atoms with van der Waals surface area (Å²) in [6, 6.07) is 0. The normalized spacial score (nSPS) is 24.0. The van der Waals surface area contributed by atoms with Crippen LogP contribution in [0.3, 0.4) is 0 Å². The third-order valence-electron chi connectivity index (χ3n) is 4.39. The maximum absolute atomic E-state index is 11.9. The van der Waals surface area contributed by atoms with Crippen molar-refractivity contribution < 1.29 is 4.79 Å². The predicted octanol–water partition coefficient (Wildman–Crippen LogP) is 0.297. The van der Waals surface area contributed by atoms with Crippen LogP contribution in [-0.4, -0.2) is 60.5 Å². The summed E-state index contributed by atoms with van der Waals surface area (Å²) in [6.45, 7) is 4.83. The Morgan fingerprint density at radius 3 is 2.76 bits per heavy atom. The van der Waals surface area contributed by atoms with Gasteiger partial charge in [-0.3, -0.25) is 9.78 Å². The van der Waals surface area contributed by atoms with Gasteiger partial charge in [0.2, 0.25) is 5.91 Å². The van der Waals surface area contributed by atoms with E-state index in [1.54, 1.807) is 12.4 Å². The van der Waals surface area contributed by atoms with Gasteiger partial charge in [0, 0.05) is 57.5 Å². The smallest absolute Gasteiger partial charge is 0.223 e. The number of carbonyl (C=O) groups is 1.